The summed E-state index contributed by atoms with van der Waals surface area (Å²) < 4.78 is 0.857. The summed E-state index contributed by atoms with van der Waals surface area (Å²) in [6, 6.07) is 15.2. The Morgan fingerprint density at radius 3 is 2.39 bits per heavy atom. The average Bonchev–Trinajstić information content (AvgIpc) is 2.53. The van der Waals surface area contributed by atoms with Crippen molar-refractivity contribution in [1.82, 2.24) is 10.6 Å². The van der Waals surface area contributed by atoms with E-state index in [0.717, 1.165) is 9.13 Å². The molecular formula is C18H19IN2O2. The maximum absolute atomic E-state index is 12.1. The van der Waals surface area contributed by atoms with Gasteiger partial charge in [-0.05, 0) is 54.1 Å². The zero-order valence-electron chi connectivity index (χ0n) is 13.1. The molecule has 120 valence electrons. The van der Waals surface area contributed by atoms with E-state index in [9.17, 15) is 9.59 Å². The number of hydrogen-bond donors (Lipinski definition) is 2. The van der Waals surface area contributed by atoms with Gasteiger partial charge in [-0.1, -0.05) is 42.0 Å². The van der Waals surface area contributed by atoms with E-state index in [0.29, 0.717) is 5.56 Å². The van der Waals surface area contributed by atoms with Crippen molar-refractivity contribution >= 4 is 34.4 Å². The highest BCUT2D eigenvalue weighted by atomic mass is 127. The van der Waals surface area contributed by atoms with Crippen LogP contribution < -0.4 is 10.6 Å². The van der Waals surface area contributed by atoms with Crippen LogP contribution in [0, 0.1) is 10.5 Å². The van der Waals surface area contributed by atoms with Crippen LogP contribution in [-0.4, -0.2) is 18.4 Å². The first-order valence-electron chi connectivity index (χ1n) is 7.36. The number of amides is 2. The topological polar surface area (TPSA) is 58.2 Å². The molecule has 0 saturated heterocycles. The molecule has 0 aliphatic heterocycles. The van der Waals surface area contributed by atoms with E-state index in [4.69, 9.17) is 0 Å². The Hall–Kier alpha value is -1.89. The van der Waals surface area contributed by atoms with Crippen LogP contribution in [0.1, 0.15) is 34.5 Å². The lowest BCUT2D eigenvalue weighted by Crippen LogP contribution is -2.38. The van der Waals surface area contributed by atoms with E-state index in [1.165, 1.54) is 5.56 Å². The van der Waals surface area contributed by atoms with Crippen molar-refractivity contribution in [1.29, 1.82) is 0 Å². The standard InChI is InChI=1S/C18H19IN2O2/c1-12-7-9-14(10-8-12)13(2)21-17(22)11-20-18(23)15-5-3-4-6-16(15)19/h3-10,13H,11H2,1-2H3,(H,20,23)(H,21,22). The first kappa shape index (κ1) is 17.5. The highest BCUT2D eigenvalue weighted by Crippen LogP contribution is 2.13. The summed E-state index contributed by atoms with van der Waals surface area (Å²) in [5, 5.41) is 5.53. The van der Waals surface area contributed by atoms with Crippen molar-refractivity contribution in [2.75, 3.05) is 6.54 Å². The second-order valence-corrected chi connectivity index (χ2v) is 6.52. The fourth-order valence-corrected chi connectivity index (χ4v) is 2.76. The van der Waals surface area contributed by atoms with Crippen LogP contribution in [0.4, 0.5) is 0 Å². The summed E-state index contributed by atoms with van der Waals surface area (Å²) in [5.41, 5.74) is 2.79. The van der Waals surface area contributed by atoms with Crippen LogP contribution in [0.25, 0.3) is 0 Å². The molecule has 0 radical (unpaired) electrons. The molecule has 2 amide bonds. The van der Waals surface area contributed by atoms with Gasteiger partial charge in [0.15, 0.2) is 0 Å². The van der Waals surface area contributed by atoms with E-state index in [-0.39, 0.29) is 24.4 Å². The van der Waals surface area contributed by atoms with Gasteiger partial charge >= 0.3 is 0 Å². The second kappa shape index (κ2) is 8.10. The Labute approximate surface area is 149 Å². The highest BCUT2D eigenvalue weighted by molar-refractivity contribution is 14.1. The van der Waals surface area contributed by atoms with Gasteiger partial charge in [0.05, 0.1) is 18.2 Å². The van der Waals surface area contributed by atoms with Crippen molar-refractivity contribution < 1.29 is 9.59 Å². The van der Waals surface area contributed by atoms with Crippen LogP contribution in [0.15, 0.2) is 48.5 Å². The van der Waals surface area contributed by atoms with Gasteiger partial charge in [-0.3, -0.25) is 9.59 Å². The predicted octanol–water partition coefficient (Wildman–Crippen LogP) is 3.21. The third kappa shape index (κ3) is 5.06. The average molecular weight is 422 g/mol. The van der Waals surface area contributed by atoms with E-state index in [2.05, 4.69) is 33.2 Å². The van der Waals surface area contributed by atoms with Crippen LogP contribution in [0.5, 0.6) is 0 Å². The van der Waals surface area contributed by atoms with E-state index in [1.807, 2.05) is 50.2 Å². The summed E-state index contributed by atoms with van der Waals surface area (Å²) in [4.78, 5) is 24.1. The molecule has 0 fully saturated rings. The molecule has 1 unspecified atom stereocenters. The summed E-state index contributed by atoms with van der Waals surface area (Å²) in [5.74, 6) is -0.453. The van der Waals surface area contributed by atoms with Crippen molar-refractivity contribution in [3.05, 3.63) is 68.8 Å². The number of carbonyl (C=O) groups is 2. The largest absolute Gasteiger partial charge is 0.348 e. The smallest absolute Gasteiger partial charge is 0.252 e. The summed E-state index contributed by atoms with van der Waals surface area (Å²) in [6.07, 6.45) is 0. The summed E-state index contributed by atoms with van der Waals surface area (Å²) in [7, 11) is 0. The lowest BCUT2D eigenvalue weighted by molar-refractivity contribution is -0.120. The summed E-state index contributed by atoms with van der Waals surface area (Å²) in [6.45, 7) is 3.90. The van der Waals surface area contributed by atoms with Gasteiger partial charge in [0, 0.05) is 3.57 Å². The molecule has 2 aromatic rings. The number of aryl methyl sites for hydroxylation is 1. The highest BCUT2D eigenvalue weighted by Gasteiger charge is 2.13. The number of nitrogens with one attached hydrogen (secondary N) is 2. The third-order valence-corrected chi connectivity index (χ3v) is 4.42. The Morgan fingerprint density at radius 1 is 1.09 bits per heavy atom. The minimum Gasteiger partial charge on any atom is -0.348 e. The van der Waals surface area contributed by atoms with Gasteiger partial charge < -0.3 is 10.6 Å². The number of hydrogen-bond acceptors (Lipinski definition) is 2. The maximum atomic E-state index is 12.1. The normalized spacial score (nSPS) is 11.6. The van der Waals surface area contributed by atoms with Crippen molar-refractivity contribution in [3.63, 3.8) is 0 Å². The molecule has 23 heavy (non-hydrogen) atoms. The Bertz CT molecular complexity index is 698. The Morgan fingerprint density at radius 2 is 1.74 bits per heavy atom. The van der Waals surface area contributed by atoms with Crippen LogP contribution >= 0.6 is 22.6 Å². The molecule has 5 heteroatoms. The van der Waals surface area contributed by atoms with Crippen LogP contribution in [-0.2, 0) is 4.79 Å². The summed E-state index contributed by atoms with van der Waals surface area (Å²) >= 11 is 2.10. The van der Waals surface area contributed by atoms with Gasteiger partial charge in [-0.25, -0.2) is 0 Å². The van der Waals surface area contributed by atoms with Gasteiger partial charge in [0.1, 0.15) is 0 Å². The van der Waals surface area contributed by atoms with Gasteiger partial charge in [0.25, 0.3) is 5.91 Å². The van der Waals surface area contributed by atoms with Gasteiger partial charge in [0.2, 0.25) is 5.91 Å². The van der Waals surface area contributed by atoms with Gasteiger partial charge in [-0.2, -0.15) is 0 Å². The Balaban J connectivity index is 1.86. The molecule has 0 aromatic heterocycles. The molecule has 0 aliphatic rings. The third-order valence-electron chi connectivity index (χ3n) is 3.48. The first-order chi connectivity index (χ1) is 11.0. The van der Waals surface area contributed by atoms with Crippen molar-refractivity contribution in [3.8, 4) is 0 Å². The molecule has 4 nitrogen and oxygen atoms in total. The fraction of sp³-hybridized carbons (Fsp3) is 0.222. The second-order valence-electron chi connectivity index (χ2n) is 5.36. The number of halogens is 1. The van der Waals surface area contributed by atoms with E-state index < -0.39 is 0 Å². The lowest BCUT2D eigenvalue weighted by atomic mass is 10.1. The quantitative estimate of drug-likeness (QED) is 0.728. The number of carbonyl (C=O) groups excluding carboxylic acids is 2. The minimum absolute atomic E-state index is 0.0417. The molecular weight excluding hydrogens is 403 g/mol. The molecule has 0 spiro atoms. The molecule has 0 bridgehead atoms. The number of benzene rings is 2. The fourth-order valence-electron chi connectivity index (χ4n) is 2.13. The molecule has 0 heterocycles. The van der Waals surface area contributed by atoms with Crippen molar-refractivity contribution in [2.45, 2.75) is 19.9 Å². The molecule has 0 aliphatic carbocycles. The number of rotatable bonds is 5. The monoisotopic (exact) mass is 422 g/mol. The first-order valence-corrected chi connectivity index (χ1v) is 8.44. The minimum atomic E-state index is -0.242. The van der Waals surface area contributed by atoms with Crippen molar-refractivity contribution in [2.24, 2.45) is 0 Å². The molecule has 2 rings (SSSR count). The zero-order chi connectivity index (χ0) is 16.8. The molecule has 0 saturated carbocycles. The van der Waals surface area contributed by atoms with Crippen LogP contribution in [0.3, 0.4) is 0 Å². The molecule has 2 N–H and O–H groups in total. The van der Waals surface area contributed by atoms with E-state index in [1.54, 1.807) is 12.1 Å². The van der Waals surface area contributed by atoms with Gasteiger partial charge in [-0.15, -0.1) is 0 Å². The maximum Gasteiger partial charge on any atom is 0.252 e. The molecule has 2 aromatic carbocycles. The lowest BCUT2D eigenvalue weighted by Gasteiger charge is -2.15. The predicted molar refractivity (Wildman–Crippen MR) is 99.2 cm³/mol. The molecule has 1 atom stereocenters. The van der Waals surface area contributed by atoms with E-state index >= 15 is 0 Å². The SMILES string of the molecule is Cc1ccc(C(C)NC(=O)CNC(=O)c2ccccc2I)cc1. The zero-order valence-corrected chi connectivity index (χ0v) is 15.3. The van der Waals surface area contributed by atoms with Crippen LogP contribution in [0.2, 0.25) is 0 Å². The Kier molecular flexibility index (Phi) is 6.15.